The third-order valence-corrected chi connectivity index (χ3v) is 4.58. The van der Waals surface area contributed by atoms with Crippen LogP contribution in [0.4, 0.5) is 0 Å². The molecule has 1 fully saturated rings. The molecule has 6 heteroatoms. The van der Waals surface area contributed by atoms with E-state index in [1.165, 1.54) is 4.88 Å². The Bertz CT molecular complexity index is 588. The normalized spacial score (nSPS) is 18.0. The van der Waals surface area contributed by atoms with Crippen LogP contribution in [0.5, 0.6) is 0 Å². The van der Waals surface area contributed by atoms with Gasteiger partial charge in [-0.2, -0.15) is 5.10 Å². The summed E-state index contributed by atoms with van der Waals surface area (Å²) >= 11 is 1.67. The van der Waals surface area contributed by atoms with Crippen molar-refractivity contribution in [3.05, 3.63) is 39.8 Å². The first kappa shape index (κ1) is 14.3. The summed E-state index contributed by atoms with van der Waals surface area (Å²) in [5.74, 6) is 0.0187. The highest BCUT2D eigenvalue weighted by Gasteiger charge is 2.25. The van der Waals surface area contributed by atoms with Gasteiger partial charge in [-0.3, -0.25) is 9.89 Å². The van der Waals surface area contributed by atoms with Crippen LogP contribution in [0.1, 0.15) is 33.8 Å². The Labute approximate surface area is 127 Å². The molecule has 2 aromatic rings. The van der Waals surface area contributed by atoms with Gasteiger partial charge in [0, 0.05) is 23.7 Å². The van der Waals surface area contributed by atoms with E-state index in [-0.39, 0.29) is 12.0 Å². The van der Waals surface area contributed by atoms with Crippen LogP contribution >= 0.6 is 11.3 Å². The Hall–Kier alpha value is -1.66. The molecule has 0 radical (unpaired) electrons. The molecule has 0 spiro atoms. The fourth-order valence-corrected chi connectivity index (χ4v) is 3.30. The van der Waals surface area contributed by atoms with E-state index in [0.717, 1.165) is 25.1 Å². The molecule has 0 aliphatic carbocycles. The van der Waals surface area contributed by atoms with Crippen molar-refractivity contribution in [1.82, 2.24) is 15.1 Å². The Morgan fingerprint density at radius 1 is 1.62 bits per heavy atom. The molecule has 0 bridgehead atoms. The first-order valence-electron chi connectivity index (χ1n) is 7.17. The molecule has 1 amide bonds. The Morgan fingerprint density at radius 3 is 3.14 bits per heavy atom. The van der Waals surface area contributed by atoms with Gasteiger partial charge < -0.3 is 9.64 Å². The maximum absolute atomic E-state index is 12.8. The monoisotopic (exact) mass is 305 g/mol. The van der Waals surface area contributed by atoms with Gasteiger partial charge in [-0.1, -0.05) is 6.07 Å². The van der Waals surface area contributed by atoms with Crippen molar-refractivity contribution in [3.8, 4) is 0 Å². The lowest BCUT2D eigenvalue weighted by atomic mass is 10.2. The Kier molecular flexibility index (Phi) is 4.36. The van der Waals surface area contributed by atoms with Crippen molar-refractivity contribution in [1.29, 1.82) is 0 Å². The van der Waals surface area contributed by atoms with Crippen molar-refractivity contribution >= 4 is 17.2 Å². The lowest BCUT2D eigenvalue weighted by Gasteiger charge is -2.25. The van der Waals surface area contributed by atoms with E-state index in [1.807, 2.05) is 23.3 Å². The highest BCUT2D eigenvalue weighted by molar-refractivity contribution is 7.09. The van der Waals surface area contributed by atoms with Gasteiger partial charge in [0.2, 0.25) is 0 Å². The van der Waals surface area contributed by atoms with Gasteiger partial charge in [0.25, 0.3) is 5.91 Å². The van der Waals surface area contributed by atoms with E-state index in [0.29, 0.717) is 18.7 Å². The second-order valence-electron chi connectivity index (χ2n) is 5.31. The summed E-state index contributed by atoms with van der Waals surface area (Å²) in [4.78, 5) is 15.8. The molecule has 1 N–H and O–H groups in total. The number of nitrogens with zero attached hydrogens (tertiary/aromatic N) is 2. The minimum Gasteiger partial charge on any atom is -0.376 e. The number of carbonyl (C=O) groups is 1. The van der Waals surface area contributed by atoms with Crippen molar-refractivity contribution in [2.75, 3.05) is 13.2 Å². The average Bonchev–Trinajstić information content (AvgIpc) is 3.19. The van der Waals surface area contributed by atoms with E-state index in [4.69, 9.17) is 4.74 Å². The molecular weight excluding hydrogens is 286 g/mol. The first-order chi connectivity index (χ1) is 10.2. The first-order valence-corrected chi connectivity index (χ1v) is 8.05. The average molecular weight is 305 g/mol. The van der Waals surface area contributed by atoms with E-state index in [1.54, 1.807) is 17.5 Å². The van der Waals surface area contributed by atoms with E-state index in [2.05, 4.69) is 16.3 Å². The quantitative estimate of drug-likeness (QED) is 0.923. The Balaban J connectivity index is 1.77. The number of nitrogens with one attached hydrogen (secondary N) is 1. The number of H-pyrrole nitrogens is 1. The van der Waals surface area contributed by atoms with Gasteiger partial charge in [0.05, 0.1) is 24.4 Å². The fraction of sp³-hybridized carbons (Fsp3) is 0.467. The van der Waals surface area contributed by atoms with Gasteiger partial charge in [-0.25, -0.2) is 0 Å². The zero-order valence-corrected chi connectivity index (χ0v) is 12.9. The predicted molar refractivity (Wildman–Crippen MR) is 81.4 cm³/mol. The molecule has 1 atom stereocenters. The topological polar surface area (TPSA) is 58.2 Å². The molecule has 1 unspecified atom stereocenters. The number of aromatic nitrogens is 2. The number of hydrogen-bond acceptors (Lipinski definition) is 4. The molecule has 1 saturated heterocycles. The minimum atomic E-state index is 0.0187. The lowest BCUT2D eigenvalue weighted by molar-refractivity contribution is 0.0509. The van der Waals surface area contributed by atoms with Crippen LogP contribution in [0.15, 0.2) is 23.7 Å². The number of carbonyl (C=O) groups excluding carboxylic acids is 1. The number of rotatable bonds is 5. The third kappa shape index (κ3) is 3.33. The van der Waals surface area contributed by atoms with Crippen LogP contribution < -0.4 is 0 Å². The molecule has 0 saturated carbocycles. The summed E-state index contributed by atoms with van der Waals surface area (Å²) < 4.78 is 5.69. The maximum Gasteiger partial charge on any atom is 0.257 e. The van der Waals surface area contributed by atoms with Gasteiger partial charge in [-0.05, 0) is 31.2 Å². The van der Waals surface area contributed by atoms with Crippen molar-refractivity contribution < 1.29 is 9.53 Å². The molecule has 2 aromatic heterocycles. The van der Waals surface area contributed by atoms with E-state index in [9.17, 15) is 4.79 Å². The summed E-state index contributed by atoms with van der Waals surface area (Å²) in [6.45, 7) is 3.94. The number of aryl methyl sites for hydroxylation is 1. The van der Waals surface area contributed by atoms with E-state index < -0.39 is 0 Å². The largest absolute Gasteiger partial charge is 0.376 e. The second kappa shape index (κ2) is 6.41. The minimum absolute atomic E-state index is 0.0187. The summed E-state index contributed by atoms with van der Waals surface area (Å²) in [5, 5.41) is 8.82. The van der Waals surface area contributed by atoms with Gasteiger partial charge in [0.1, 0.15) is 0 Å². The summed E-state index contributed by atoms with van der Waals surface area (Å²) in [5.41, 5.74) is 1.45. The van der Waals surface area contributed by atoms with Crippen LogP contribution in [0.2, 0.25) is 0 Å². The highest BCUT2D eigenvalue weighted by Crippen LogP contribution is 2.19. The summed E-state index contributed by atoms with van der Waals surface area (Å²) in [7, 11) is 0. The van der Waals surface area contributed by atoms with Gasteiger partial charge >= 0.3 is 0 Å². The van der Waals surface area contributed by atoms with Crippen LogP contribution in [0.25, 0.3) is 0 Å². The van der Waals surface area contributed by atoms with Crippen molar-refractivity contribution in [2.45, 2.75) is 32.4 Å². The van der Waals surface area contributed by atoms with Gasteiger partial charge in [0.15, 0.2) is 0 Å². The molecule has 0 aromatic carbocycles. The summed E-state index contributed by atoms with van der Waals surface area (Å²) in [6, 6.07) is 4.07. The van der Waals surface area contributed by atoms with Crippen LogP contribution in [-0.2, 0) is 11.3 Å². The van der Waals surface area contributed by atoms with Gasteiger partial charge in [-0.15, -0.1) is 11.3 Å². The molecule has 21 heavy (non-hydrogen) atoms. The SMILES string of the molecule is Cc1[nH]ncc1C(=O)N(Cc1cccs1)CC1CCCO1. The highest BCUT2D eigenvalue weighted by atomic mass is 32.1. The number of thiophene rings is 1. The molecule has 3 rings (SSSR count). The second-order valence-corrected chi connectivity index (χ2v) is 6.34. The molecular formula is C15H19N3O2S. The zero-order chi connectivity index (χ0) is 14.7. The molecule has 1 aliphatic heterocycles. The standard InChI is InChI=1S/C15H19N3O2S/c1-11-14(8-16-17-11)15(19)18(9-12-4-2-6-20-12)10-13-5-3-7-21-13/h3,5,7-8,12H,2,4,6,9-10H2,1H3,(H,16,17). The number of amides is 1. The Morgan fingerprint density at radius 2 is 2.52 bits per heavy atom. The lowest BCUT2D eigenvalue weighted by Crippen LogP contribution is -2.36. The van der Waals surface area contributed by atoms with Crippen LogP contribution in [-0.4, -0.2) is 40.3 Å². The van der Waals surface area contributed by atoms with Crippen molar-refractivity contribution in [2.24, 2.45) is 0 Å². The number of hydrogen-bond donors (Lipinski definition) is 1. The molecule has 5 nitrogen and oxygen atoms in total. The van der Waals surface area contributed by atoms with Crippen molar-refractivity contribution in [3.63, 3.8) is 0 Å². The van der Waals surface area contributed by atoms with E-state index >= 15 is 0 Å². The smallest absolute Gasteiger partial charge is 0.257 e. The molecule has 1 aliphatic rings. The van der Waals surface area contributed by atoms with Crippen LogP contribution in [0.3, 0.4) is 0 Å². The van der Waals surface area contributed by atoms with Crippen LogP contribution in [0, 0.1) is 6.92 Å². The zero-order valence-electron chi connectivity index (χ0n) is 12.0. The predicted octanol–water partition coefficient (Wildman–Crippen LogP) is 2.60. The third-order valence-electron chi connectivity index (χ3n) is 3.72. The number of aromatic amines is 1. The number of ether oxygens (including phenoxy) is 1. The summed E-state index contributed by atoms with van der Waals surface area (Å²) in [6.07, 6.45) is 3.87. The fourth-order valence-electron chi connectivity index (χ4n) is 2.58. The molecule has 112 valence electrons. The maximum atomic E-state index is 12.8. The molecule has 3 heterocycles.